The lowest BCUT2D eigenvalue weighted by atomic mass is 10.0. The second-order valence-corrected chi connectivity index (χ2v) is 36.6. The first kappa shape index (κ1) is 108. The van der Waals surface area contributed by atoms with Gasteiger partial charge in [0.2, 0.25) is 0 Å². The number of phosphoric ester groups is 2. The molecular weight excluding hydrogens is 1430 g/mol. The third-order valence-electron chi connectivity index (χ3n) is 21.5. The molecule has 654 valence electrons. The molecule has 0 heterocycles. The standard InChI is InChI=1S/C91H178O17P2/c1-7-9-11-13-15-17-19-21-23-25-27-29-31-33-35-37-39-43-49-55-61-67-73-88(93)101-79-86(107-90(95)75-69-63-57-50-44-40-38-36-34-32-30-28-26-24-22-20-18-16-14-12-10-8-2)81-105-109(97,98)103-77-85(92)78-104-110(99,100)106-82-87(80-102-89(94)74-68-62-56-52-46-48-54-60-66-72-84(5)6)108-91(96)76-70-64-58-51-45-41-42-47-53-59-65-71-83(3)4/h83-87,92H,7-82H2,1-6H3,(H,97,98)(H,99,100)/t85-,86-,87-/m1/s1. The molecule has 110 heavy (non-hydrogen) atoms. The number of hydrogen-bond acceptors (Lipinski definition) is 15. The Morgan fingerprint density at radius 2 is 0.418 bits per heavy atom. The van der Waals surface area contributed by atoms with Crippen molar-refractivity contribution in [2.24, 2.45) is 11.8 Å². The van der Waals surface area contributed by atoms with Crippen LogP contribution in [-0.2, 0) is 65.4 Å². The van der Waals surface area contributed by atoms with Gasteiger partial charge >= 0.3 is 39.5 Å². The molecule has 0 radical (unpaired) electrons. The minimum atomic E-state index is -4.97. The van der Waals surface area contributed by atoms with E-state index in [2.05, 4.69) is 41.5 Å². The Labute approximate surface area is 677 Å². The monoisotopic (exact) mass is 1610 g/mol. The summed E-state index contributed by atoms with van der Waals surface area (Å²) in [6.45, 7) is 9.67. The van der Waals surface area contributed by atoms with Crippen LogP contribution in [0.2, 0.25) is 0 Å². The molecule has 0 aromatic heterocycles. The largest absolute Gasteiger partial charge is 0.472 e. The van der Waals surface area contributed by atoms with Gasteiger partial charge in [-0.2, -0.15) is 0 Å². The summed E-state index contributed by atoms with van der Waals surface area (Å²) in [7, 11) is -9.93. The first-order valence-electron chi connectivity index (χ1n) is 47.0. The van der Waals surface area contributed by atoms with E-state index in [1.807, 2.05) is 0 Å². The number of hydrogen-bond donors (Lipinski definition) is 3. The van der Waals surface area contributed by atoms with Crippen LogP contribution in [-0.4, -0.2) is 96.7 Å². The maximum atomic E-state index is 13.2. The SMILES string of the molecule is CCCCCCCCCCCCCCCCCCCCCCCCC(=O)OC[C@H](COP(=O)(O)OC[C@@H](O)COP(=O)(O)OC[C@@H](COC(=O)CCCCCCCCCCCC(C)C)OC(=O)CCCCCCCCCCCCCC(C)C)OC(=O)CCCCCCCCCCCCCCCCCCCCCCCC. The minimum Gasteiger partial charge on any atom is -0.462 e. The topological polar surface area (TPSA) is 237 Å². The molecule has 0 fully saturated rings. The van der Waals surface area contributed by atoms with Crippen molar-refractivity contribution in [3.63, 3.8) is 0 Å². The molecule has 0 aliphatic rings. The Morgan fingerprint density at radius 1 is 0.245 bits per heavy atom. The number of aliphatic hydroxyl groups excluding tert-OH is 1. The molecular formula is C91H178O17P2. The van der Waals surface area contributed by atoms with Gasteiger partial charge in [-0.1, -0.05) is 440 Å². The second-order valence-electron chi connectivity index (χ2n) is 33.6. The number of carbonyl (C=O) groups is 4. The van der Waals surface area contributed by atoms with E-state index < -0.39 is 97.5 Å². The fraction of sp³-hybridized carbons (Fsp3) is 0.956. The highest BCUT2D eigenvalue weighted by Crippen LogP contribution is 2.45. The van der Waals surface area contributed by atoms with E-state index in [4.69, 9.17) is 37.0 Å². The number of unbranched alkanes of at least 4 members (excludes halogenated alkanes) is 60. The van der Waals surface area contributed by atoms with Crippen LogP contribution in [0.5, 0.6) is 0 Å². The van der Waals surface area contributed by atoms with Crippen molar-refractivity contribution < 1.29 is 80.2 Å². The Bertz CT molecular complexity index is 2100. The van der Waals surface area contributed by atoms with Gasteiger partial charge in [0.25, 0.3) is 0 Å². The third-order valence-corrected chi connectivity index (χ3v) is 23.4. The summed E-state index contributed by atoms with van der Waals surface area (Å²) in [5.41, 5.74) is 0. The molecule has 0 spiro atoms. The van der Waals surface area contributed by atoms with Crippen molar-refractivity contribution in [1.82, 2.24) is 0 Å². The maximum Gasteiger partial charge on any atom is 0.472 e. The smallest absolute Gasteiger partial charge is 0.462 e. The van der Waals surface area contributed by atoms with Gasteiger partial charge in [-0.3, -0.25) is 37.3 Å². The van der Waals surface area contributed by atoms with Gasteiger partial charge in [-0.25, -0.2) is 9.13 Å². The zero-order valence-electron chi connectivity index (χ0n) is 72.6. The molecule has 0 aromatic carbocycles. The lowest BCUT2D eigenvalue weighted by Gasteiger charge is -2.21. The molecule has 0 saturated carbocycles. The van der Waals surface area contributed by atoms with Crippen LogP contribution < -0.4 is 0 Å². The number of aliphatic hydroxyl groups is 1. The van der Waals surface area contributed by atoms with Crippen LogP contribution in [0.25, 0.3) is 0 Å². The van der Waals surface area contributed by atoms with Gasteiger partial charge in [0, 0.05) is 25.7 Å². The molecule has 19 heteroatoms. The molecule has 0 bridgehead atoms. The highest BCUT2D eigenvalue weighted by atomic mass is 31.2. The summed E-state index contributed by atoms with van der Waals surface area (Å²) >= 11 is 0. The predicted molar refractivity (Wildman–Crippen MR) is 455 cm³/mol. The third kappa shape index (κ3) is 84.0. The van der Waals surface area contributed by atoms with Crippen LogP contribution in [0.15, 0.2) is 0 Å². The summed E-state index contributed by atoms with van der Waals surface area (Å²) in [6.07, 6.45) is 76.7. The van der Waals surface area contributed by atoms with Gasteiger partial charge in [0.15, 0.2) is 12.2 Å². The number of carbonyl (C=O) groups excluding carboxylic acids is 4. The molecule has 0 aliphatic carbocycles. The lowest BCUT2D eigenvalue weighted by Crippen LogP contribution is -2.30. The molecule has 17 nitrogen and oxygen atoms in total. The van der Waals surface area contributed by atoms with Crippen molar-refractivity contribution in [1.29, 1.82) is 0 Å². The van der Waals surface area contributed by atoms with Gasteiger partial charge in [-0.05, 0) is 37.5 Å². The fourth-order valence-corrected chi connectivity index (χ4v) is 15.9. The van der Waals surface area contributed by atoms with Gasteiger partial charge in [-0.15, -0.1) is 0 Å². The molecule has 5 atom stereocenters. The minimum absolute atomic E-state index is 0.107. The van der Waals surface area contributed by atoms with Crippen molar-refractivity contribution in [2.45, 2.75) is 509 Å². The van der Waals surface area contributed by atoms with Crippen LogP contribution in [0.3, 0.4) is 0 Å². The average molecular weight is 1610 g/mol. The molecule has 2 unspecified atom stereocenters. The normalized spacial score (nSPS) is 13.7. The highest BCUT2D eigenvalue weighted by Gasteiger charge is 2.31. The quantitative estimate of drug-likeness (QED) is 0.0222. The Kier molecular flexibility index (Phi) is 80.7. The van der Waals surface area contributed by atoms with E-state index in [1.165, 1.54) is 308 Å². The van der Waals surface area contributed by atoms with E-state index in [0.29, 0.717) is 25.7 Å². The molecule has 0 rings (SSSR count). The summed E-state index contributed by atoms with van der Waals surface area (Å²) < 4.78 is 69.0. The molecule has 3 N–H and O–H groups in total. The number of esters is 4. The van der Waals surface area contributed by atoms with Crippen molar-refractivity contribution >= 4 is 39.5 Å². The number of rotatable bonds is 90. The van der Waals surface area contributed by atoms with Gasteiger partial charge in [0.1, 0.15) is 19.3 Å². The molecule has 0 aliphatic heterocycles. The summed E-state index contributed by atoms with van der Waals surface area (Å²) in [4.78, 5) is 73.4. The first-order valence-corrected chi connectivity index (χ1v) is 50.0. The molecule has 0 amide bonds. The van der Waals surface area contributed by atoms with Crippen LogP contribution in [0.1, 0.15) is 491 Å². The van der Waals surface area contributed by atoms with Crippen LogP contribution >= 0.6 is 15.6 Å². The van der Waals surface area contributed by atoms with Gasteiger partial charge in [0.05, 0.1) is 26.4 Å². The van der Waals surface area contributed by atoms with Crippen LogP contribution in [0.4, 0.5) is 0 Å². The van der Waals surface area contributed by atoms with E-state index in [0.717, 1.165) is 102 Å². The van der Waals surface area contributed by atoms with Crippen molar-refractivity contribution in [3.05, 3.63) is 0 Å². The van der Waals surface area contributed by atoms with Crippen LogP contribution in [0, 0.1) is 11.8 Å². The van der Waals surface area contributed by atoms with E-state index in [1.54, 1.807) is 0 Å². The Morgan fingerprint density at radius 3 is 0.618 bits per heavy atom. The number of phosphoric acid groups is 2. The maximum absolute atomic E-state index is 13.2. The van der Waals surface area contributed by atoms with Gasteiger partial charge < -0.3 is 33.8 Å². The second kappa shape index (κ2) is 82.2. The summed E-state index contributed by atoms with van der Waals surface area (Å²) in [6, 6.07) is 0. The summed E-state index contributed by atoms with van der Waals surface area (Å²) in [5.74, 6) is -0.590. The fourth-order valence-electron chi connectivity index (χ4n) is 14.3. The average Bonchev–Trinajstić information content (AvgIpc) is 0.899. The van der Waals surface area contributed by atoms with Crippen molar-refractivity contribution in [2.75, 3.05) is 39.6 Å². The molecule has 0 aromatic rings. The number of ether oxygens (including phenoxy) is 4. The highest BCUT2D eigenvalue weighted by molar-refractivity contribution is 7.47. The predicted octanol–water partition coefficient (Wildman–Crippen LogP) is 28.2. The zero-order valence-corrected chi connectivity index (χ0v) is 74.4. The van der Waals surface area contributed by atoms with E-state index in [9.17, 15) is 43.2 Å². The van der Waals surface area contributed by atoms with E-state index >= 15 is 0 Å². The Balaban J connectivity index is 5.22. The Hall–Kier alpha value is -1.94. The molecule has 0 saturated heterocycles. The summed E-state index contributed by atoms with van der Waals surface area (Å²) in [5, 5.41) is 10.7. The zero-order chi connectivity index (χ0) is 80.6. The van der Waals surface area contributed by atoms with E-state index in [-0.39, 0.29) is 25.7 Å². The lowest BCUT2D eigenvalue weighted by molar-refractivity contribution is -0.161. The first-order chi connectivity index (χ1) is 53.4. The van der Waals surface area contributed by atoms with Crippen molar-refractivity contribution in [3.8, 4) is 0 Å².